The second-order valence-corrected chi connectivity index (χ2v) is 7.75. The molecule has 1 aromatic carbocycles. The van der Waals surface area contributed by atoms with Gasteiger partial charge in [0.05, 0.1) is 12.2 Å². The number of hydrogen-bond acceptors (Lipinski definition) is 3. The van der Waals surface area contributed by atoms with E-state index in [2.05, 4.69) is 63.5 Å². The number of aliphatic imine (C=N–C) groups is 1. The van der Waals surface area contributed by atoms with Gasteiger partial charge in [0.2, 0.25) is 0 Å². The van der Waals surface area contributed by atoms with Crippen LogP contribution in [0.5, 0.6) is 0 Å². The van der Waals surface area contributed by atoms with Gasteiger partial charge in [-0.3, -0.25) is 4.40 Å². The second kappa shape index (κ2) is 9.05. The molecule has 144 valence electrons. The van der Waals surface area contributed by atoms with Crippen molar-refractivity contribution in [3.05, 3.63) is 59.4 Å². The lowest BCUT2D eigenvalue weighted by atomic mass is 9.64. The minimum Gasteiger partial charge on any atom is -0.357 e. The van der Waals surface area contributed by atoms with E-state index in [1.165, 1.54) is 24.8 Å². The molecule has 0 atom stereocenters. The van der Waals surface area contributed by atoms with Gasteiger partial charge < -0.3 is 10.6 Å². The number of thiazole rings is 1. The van der Waals surface area contributed by atoms with Crippen molar-refractivity contribution in [3.63, 3.8) is 0 Å². The molecule has 0 spiro atoms. The van der Waals surface area contributed by atoms with Crippen molar-refractivity contribution in [2.75, 3.05) is 13.1 Å². The Morgan fingerprint density at radius 2 is 2.07 bits per heavy atom. The minimum atomic E-state index is 0. The van der Waals surface area contributed by atoms with Crippen LogP contribution in [0.1, 0.15) is 37.4 Å². The Bertz CT molecular complexity index is 854. The molecule has 5 nitrogen and oxygen atoms in total. The van der Waals surface area contributed by atoms with Crippen molar-refractivity contribution in [1.82, 2.24) is 20.0 Å². The van der Waals surface area contributed by atoms with Crippen molar-refractivity contribution in [1.29, 1.82) is 0 Å². The molecule has 0 saturated heterocycles. The Morgan fingerprint density at radius 1 is 1.26 bits per heavy atom. The van der Waals surface area contributed by atoms with E-state index in [-0.39, 0.29) is 29.4 Å². The molecule has 1 aliphatic rings. The highest BCUT2D eigenvalue weighted by molar-refractivity contribution is 14.0. The summed E-state index contributed by atoms with van der Waals surface area (Å²) in [6, 6.07) is 10.9. The molecule has 1 saturated carbocycles. The summed E-state index contributed by atoms with van der Waals surface area (Å²) in [6.07, 6.45) is 7.86. The van der Waals surface area contributed by atoms with Crippen LogP contribution in [0, 0.1) is 0 Å². The van der Waals surface area contributed by atoms with Gasteiger partial charge in [0, 0.05) is 36.3 Å². The molecule has 0 bridgehead atoms. The SMILES string of the molecule is CCNC(=NCc1cn2ccsc2n1)NCC1(c2ccccc2)CCC1.I. The molecule has 0 aliphatic heterocycles. The number of halogens is 1. The van der Waals surface area contributed by atoms with Crippen molar-refractivity contribution in [3.8, 4) is 0 Å². The first kappa shape index (κ1) is 20.1. The summed E-state index contributed by atoms with van der Waals surface area (Å²) >= 11 is 1.65. The van der Waals surface area contributed by atoms with Crippen LogP contribution in [-0.4, -0.2) is 28.4 Å². The normalized spacial score (nSPS) is 15.8. The highest BCUT2D eigenvalue weighted by atomic mass is 127. The van der Waals surface area contributed by atoms with Crippen LogP contribution in [0.3, 0.4) is 0 Å². The van der Waals surface area contributed by atoms with Crippen LogP contribution in [0.4, 0.5) is 0 Å². The molecule has 3 aromatic rings. The van der Waals surface area contributed by atoms with Gasteiger partial charge in [0.1, 0.15) is 0 Å². The van der Waals surface area contributed by atoms with Crippen molar-refractivity contribution < 1.29 is 0 Å². The lowest BCUT2D eigenvalue weighted by molar-refractivity contribution is 0.244. The lowest BCUT2D eigenvalue weighted by Gasteiger charge is -2.43. The van der Waals surface area contributed by atoms with E-state index in [9.17, 15) is 0 Å². The topological polar surface area (TPSA) is 53.7 Å². The number of fused-ring (bicyclic) bond motifs is 1. The van der Waals surface area contributed by atoms with Crippen molar-refractivity contribution in [2.45, 2.75) is 38.1 Å². The zero-order valence-corrected chi connectivity index (χ0v) is 18.7. The Balaban J connectivity index is 0.00000210. The molecule has 1 fully saturated rings. The van der Waals surface area contributed by atoms with Crippen LogP contribution >= 0.6 is 35.3 Å². The maximum atomic E-state index is 4.74. The molecule has 0 unspecified atom stereocenters. The monoisotopic (exact) mass is 495 g/mol. The predicted molar refractivity (Wildman–Crippen MR) is 123 cm³/mol. The van der Waals surface area contributed by atoms with Gasteiger partial charge in [-0.05, 0) is 25.3 Å². The smallest absolute Gasteiger partial charge is 0.193 e. The van der Waals surface area contributed by atoms with Gasteiger partial charge in [-0.2, -0.15) is 0 Å². The number of hydrogen-bond donors (Lipinski definition) is 2. The van der Waals surface area contributed by atoms with Gasteiger partial charge in [-0.1, -0.05) is 36.8 Å². The molecule has 27 heavy (non-hydrogen) atoms. The quantitative estimate of drug-likeness (QED) is 0.307. The maximum absolute atomic E-state index is 4.74. The zero-order chi connectivity index (χ0) is 17.8. The number of nitrogens with one attached hydrogen (secondary N) is 2. The third-order valence-corrected chi connectivity index (χ3v) is 5.95. The molecule has 0 radical (unpaired) electrons. The summed E-state index contributed by atoms with van der Waals surface area (Å²) in [7, 11) is 0. The second-order valence-electron chi connectivity index (χ2n) is 6.87. The summed E-state index contributed by atoms with van der Waals surface area (Å²) < 4.78 is 2.05. The summed E-state index contributed by atoms with van der Waals surface area (Å²) in [6.45, 7) is 4.45. The van der Waals surface area contributed by atoms with E-state index >= 15 is 0 Å². The number of benzene rings is 1. The molecule has 4 rings (SSSR count). The molecule has 2 aromatic heterocycles. The van der Waals surface area contributed by atoms with Gasteiger partial charge in [0.25, 0.3) is 0 Å². The average Bonchev–Trinajstić information content (AvgIpc) is 3.21. The number of aromatic nitrogens is 2. The average molecular weight is 495 g/mol. The standard InChI is InChI=1S/C20H25N5S.HI/c1-2-21-18(22-13-17-14-25-11-12-26-19(25)24-17)23-15-20(9-6-10-20)16-7-4-3-5-8-16;/h3-5,7-8,11-12,14H,2,6,9-10,13,15H2,1H3,(H2,21,22,23);1H. The van der Waals surface area contributed by atoms with E-state index in [0.717, 1.165) is 29.7 Å². The third kappa shape index (κ3) is 4.45. The fourth-order valence-electron chi connectivity index (χ4n) is 3.57. The maximum Gasteiger partial charge on any atom is 0.193 e. The Labute approximate surface area is 181 Å². The fourth-order valence-corrected chi connectivity index (χ4v) is 4.29. The van der Waals surface area contributed by atoms with Crippen molar-refractivity contribution in [2.24, 2.45) is 4.99 Å². The summed E-state index contributed by atoms with van der Waals surface area (Å²) in [4.78, 5) is 10.4. The first-order chi connectivity index (χ1) is 12.8. The third-order valence-electron chi connectivity index (χ3n) is 5.18. The Kier molecular flexibility index (Phi) is 6.75. The van der Waals surface area contributed by atoms with Crippen LogP contribution in [0.2, 0.25) is 0 Å². The van der Waals surface area contributed by atoms with E-state index in [0.29, 0.717) is 6.54 Å². The summed E-state index contributed by atoms with van der Waals surface area (Å²) in [5.74, 6) is 0.867. The largest absolute Gasteiger partial charge is 0.357 e. The van der Waals surface area contributed by atoms with E-state index in [4.69, 9.17) is 4.99 Å². The van der Waals surface area contributed by atoms with Gasteiger partial charge in [-0.15, -0.1) is 35.3 Å². The molecule has 0 amide bonds. The highest BCUT2D eigenvalue weighted by Crippen LogP contribution is 2.43. The minimum absolute atomic E-state index is 0. The van der Waals surface area contributed by atoms with Gasteiger partial charge in [0.15, 0.2) is 10.9 Å². The number of guanidine groups is 1. The highest BCUT2D eigenvalue weighted by Gasteiger charge is 2.38. The first-order valence-corrected chi connectivity index (χ1v) is 10.2. The molecule has 7 heteroatoms. The van der Waals surface area contributed by atoms with Gasteiger partial charge >= 0.3 is 0 Å². The predicted octanol–water partition coefficient (Wildman–Crippen LogP) is 4.19. The van der Waals surface area contributed by atoms with E-state index in [1.807, 2.05) is 11.6 Å². The molecule has 2 N–H and O–H groups in total. The Hall–Kier alpha value is -1.61. The van der Waals surface area contributed by atoms with Crippen molar-refractivity contribution >= 4 is 46.2 Å². The van der Waals surface area contributed by atoms with E-state index in [1.54, 1.807) is 11.3 Å². The van der Waals surface area contributed by atoms with Crippen LogP contribution in [-0.2, 0) is 12.0 Å². The zero-order valence-electron chi connectivity index (χ0n) is 15.5. The first-order valence-electron chi connectivity index (χ1n) is 9.28. The summed E-state index contributed by atoms with van der Waals surface area (Å²) in [5, 5.41) is 8.97. The number of imidazole rings is 1. The fraction of sp³-hybridized carbons (Fsp3) is 0.400. The molecule has 1 aliphatic carbocycles. The van der Waals surface area contributed by atoms with Crippen LogP contribution in [0.15, 0.2) is 53.1 Å². The molecule has 2 heterocycles. The summed E-state index contributed by atoms with van der Waals surface area (Å²) in [5.41, 5.74) is 2.67. The van der Waals surface area contributed by atoms with E-state index < -0.39 is 0 Å². The van der Waals surface area contributed by atoms with Gasteiger partial charge in [-0.25, -0.2) is 9.98 Å². The number of nitrogens with zero attached hydrogens (tertiary/aromatic N) is 3. The molecular weight excluding hydrogens is 469 g/mol. The number of rotatable bonds is 6. The lowest BCUT2D eigenvalue weighted by Crippen LogP contribution is -2.48. The van der Waals surface area contributed by atoms with Crippen LogP contribution < -0.4 is 10.6 Å². The Morgan fingerprint density at radius 3 is 2.74 bits per heavy atom. The molecular formula is C20H26IN5S. The van der Waals surface area contributed by atoms with Crippen LogP contribution in [0.25, 0.3) is 4.96 Å².